The quantitative estimate of drug-likeness (QED) is 0.483. The zero-order valence-corrected chi connectivity index (χ0v) is 11.5. The second-order valence-electron chi connectivity index (χ2n) is 4.02. The minimum Gasteiger partial charge on any atom is -0.376 e. The predicted octanol–water partition coefficient (Wildman–Crippen LogP) is 1.31. The first kappa shape index (κ1) is 15.1. The van der Waals surface area contributed by atoms with E-state index in [1.807, 2.05) is 27.7 Å². The van der Waals surface area contributed by atoms with E-state index in [1.165, 1.54) is 0 Å². The summed E-state index contributed by atoms with van der Waals surface area (Å²) in [6.07, 6.45) is 2.29. The van der Waals surface area contributed by atoms with Crippen LogP contribution in [-0.2, 0) is 13.3 Å². The van der Waals surface area contributed by atoms with Crippen molar-refractivity contribution in [2.24, 2.45) is 5.73 Å². The maximum Gasteiger partial charge on any atom is 0.484 e. The van der Waals surface area contributed by atoms with Gasteiger partial charge >= 0.3 is 9.53 Å². The largest absolute Gasteiger partial charge is 0.484 e. The van der Waals surface area contributed by atoms with Gasteiger partial charge in [0.15, 0.2) is 0 Å². The maximum absolute atomic E-state index is 5.60. The van der Waals surface area contributed by atoms with Crippen molar-refractivity contribution in [3.8, 4) is 0 Å². The predicted molar refractivity (Wildman–Crippen MR) is 63.8 cm³/mol. The van der Waals surface area contributed by atoms with Gasteiger partial charge in [0.25, 0.3) is 0 Å². The van der Waals surface area contributed by atoms with Crippen LogP contribution in [0, 0.1) is 0 Å². The van der Waals surface area contributed by atoms with Gasteiger partial charge in [-0.05, 0) is 47.1 Å². The molecule has 0 heterocycles. The van der Waals surface area contributed by atoms with Crippen LogP contribution in [0.5, 0.6) is 0 Å². The Bertz CT molecular complexity index is 135. The molecule has 0 aliphatic carbocycles. The van der Waals surface area contributed by atoms with Crippen molar-refractivity contribution in [1.82, 2.24) is 0 Å². The van der Waals surface area contributed by atoms with Gasteiger partial charge in [0, 0.05) is 18.8 Å². The standard InChI is InChI=1S/C10H25NO3Si/c1-9(2)13-15(14-10(3)4)12-8-6-5-7-11/h9-10,15H,5-8,11H2,1-4H3. The van der Waals surface area contributed by atoms with Crippen LogP contribution in [-0.4, -0.2) is 34.9 Å². The summed E-state index contributed by atoms with van der Waals surface area (Å²) >= 11 is 0. The van der Waals surface area contributed by atoms with E-state index in [9.17, 15) is 0 Å². The summed E-state index contributed by atoms with van der Waals surface area (Å²) in [6.45, 7) is 9.37. The molecular formula is C10H25NO3Si. The third-order valence-electron chi connectivity index (χ3n) is 1.62. The number of hydrogen-bond donors (Lipinski definition) is 1. The Morgan fingerprint density at radius 2 is 1.53 bits per heavy atom. The first-order chi connectivity index (χ1) is 7.06. The minimum absolute atomic E-state index is 0.162. The van der Waals surface area contributed by atoms with Gasteiger partial charge in [-0.25, -0.2) is 0 Å². The van der Waals surface area contributed by atoms with E-state index in [2.05, 4.69) is 0 Å². The van der Waals surface area contributed by atoms with Gasteiger partial charge in [0.05, 0.1) is 0 Å². The molecular weight excluding hydrogens is 210 g/mol. The Morgan fingerprint density at radius 1 is 1.00 bits per heavy atom. The molecule has 0 aliphatic rings. The van der Waals surface area contributed by atoms with Crippen LogP contribution in [0.25, 0.3) is 0 Å². The van der Waals surface area contributed by atoms with Crippen LogP contribution in [0.3, 0.4) is 0 Å². The molecule has 5 heteroatoms. The molecule has 0 radical (unpaired) electrons. The normalized spacial score (nSPS) is 12.0. The average Bonchev–Trinajstić information content (AvgIpc) is 2.10. The van der Waals surface area contributed by atoms with E-state index in [-0.39, 0.29) is 12.2 Å². The van der Waals surface area contributed by atoms with E-state index >= 15 is 0 Å². The zero-order chi connectivity index (χ0) is 11.7. The highest BCUT2D eigenvalue weighted by atomic mass is 28.3. The first-order valence-electron chi connectivity index (χ1n) is 5.68. The Hall–Kier alpha value is 0.0569. The maximum atomic E-state index is 5.60. The second kappa shape index (κ2) is 9.29. The molecule has 2 N–H and O–H groups in total. The molecule has 0 atom stereocenters. The molecule has 0 rings (SSSR count). The SMILES string of the molecule is CC(C)O[SiH](OCCCCN)OC(C)C. The van der Waals surface area contributed by atoms with Crippen molar-refractivity contribution in [3.63, 3.8) is 0 Å². The van der Waals surface area contributed by atoms with Crippen LogP contribution < -0.4 is 5.73 Å². The summed E-state index contributed by atoms with van der Waals surface area (Å²) in [5.74, 6) is 0. The second-order valence-corrected chi connectivity index (χ2v) is 5.48. The molecule has 0 bridgehead atoms. The Labute approximate surface area is 95.1 Å². The zero-order valence-electron chi connectivity index (χ0n) is 10.4. The van der Waals surface area contributed by atoms with Gasteiger partial charge in [0.2, 0.25) is 0 Å². The molecule has 0 aliphatic heterocycles. The van der Waals surface area contributed by atoms with Crippen molar-refractivity contribution in [2.75, 3.05) is 13.2 Å². The number of nitrogens with two attached hydrogens (primary N) is 1. The number of unbranched alkanes of at least 4 members (excludes halogenated alkanes) is 1. The third-order valence-corrected chi connectivity index (χ3v) is 3.66. The highest BCUT2D eigenvalue weighted by Crippen LogP contribution is 2.02. The van der Waals surface area contributed by atoms with Gasteiger partial charge in [0.1, 0.15) is 0 Å². The molecule has 0 aromatic heterocycles. The fraction of sp³-hybridized carbons (Fsp3) is 1.00. The summed E-state index contributed by atoms with van der Waals surface area (Å²) in [6, 6.07) is 0. The molecule has 0 aromatic rings. The molecule has 4 nitrogen and oxygen atoms in total. The lowest BCUT2D eigenvalue weighted by Crippen LogP contribution is -2.33. The summed E-state index contributed by atoms with van der Waals surface area (Å²) in [5, 5.41) is 0. The monoisotopic (exact) mass is 235 g/mol. The van der Waals surface area contributed by atoms with Crippen LogP contribution in [0.15, 0.2) is 0 Å². The van der Waals surface area contributed by atoms with Crippen molar-refractivity contribution in [1.29, 1.82) is 0 Å². The Kier molecular flexibility index (Phi) is 9.33. The van der Waals surface area contributed by atoms with E-state index < -0.39 is 9.53 Å². The van der Waals surface area contributed by atoms with Gasteiger partial charge < -0.3 is 19.0 Å². The molecule has 0 fully saturated rings. The third kappa shape index (κ3) is 10.3. The average molecular weight is 235 g/mol. The highest BCUT2D eigenvalue weighted by Gasteiger charge is 2.18. The Morgan fingerprint density at radius 3 is 1.93 bits per heavy atom. The fourth-order valence-corrected chi connectivity index (χ4v) is 2.45. The molecule has 0 spiro atoms. The van der Waals surface area contributed by atoms with Crippen LogP contribution in [0.2, 0.25) is 0 Å². The summed E-state index contributed by atoms with van der Waals surface area (Å²) < 4.78 is 16.8. The van der Waals surface area contributed by atoms with Crippen molar-refractivity contribution < 1.29 is 13.3 Å². The molecule has 92 valence electrons. The molecule has 15 heavy (non-hydrogen) atoms. The highest BCUT2D eigenvalue weighted by molar-refractivity contribution is 6.36. The minimum atomic E-state index is -1.93. The van der Waals surface area contributed by atoms with Gasteiger partial charge in [-0.2, -0.15) is 0 Å². The van der Waals surface area contributed by atoms with Crippen molar-refractivity contribution in [2.45, 2.75) is 52.7 Å². The van der Waals surface area contributed by atoms with Crippen molar-refractivity contribution in [3.05, 3.63) is 0 Å². The van der Waals surface area contributed by atoms with E-state index in [0.29, 0.717) is 13.2 Å². The topological polar surface area (TPSA) is 53.7 Å². The van der Waals surface area contributed by atoms with Gasteiger partial charge in [-0.3, -0.25) is 0 Å². The summed E-state index contributed by atoms with van der Waals surface area (Å²) in [5.41, 5.74) is 5.40. The van der Waals surface area contributed by atoms with Crippen LogP contribution >= 0.6 is 0 Å². The van der Waals surface area contributed by atoms with E-state index in [1.54, 1.807) is 0 Å². The smallest absolute Gasteiger partial charge is 0.376 e. The van der Waals surface area contributed by atoms with Crippen molar-refractivity contribution >= 4 is 9.53 Å². The lowest BCUT2D eigenvalue weighted by molar-refractivity contribution is 0.0496. The summed E-state index contributed by atoms with van der Waals surface area (Å²) in [4.78, 5) is 0. The fourth-order valence-electron chi connectivity index (χ4n) is 0.981. The van der Waals surface area contributed by atoms with E-state index in [0.717, 1.165) is 12.8 Å². The van der Waals surface area contributed by atoms with Crippen LogP contribution in [0.1, 0.15) is 40.5 Å². The molecule has 0 saturated carbocycles. The Balaban J connectivity index is 3.69. The molecule has 0 amide bonds. The van der Waals surface area contributed by atoms with Gasteiger partial charge in [-0.1, -0.05) is 0 Å². The number of rotatable bonds is 9. The lowest BCUT2D eigenvalue weighted by Gasteiger charge is -2.20. The lowest BCUT2D eigenvalue weighted by atomic mass is 10.3. The summed E-state index contributed by atoms with van der Waals surface area (Å²) in [7, 11) is -1.93. The first-order valence-corrected chi connectivity index (χ1v) is 7.10. The number of hydrogen-bond acceptors (Lipinski definition) is 4. The molecule has 0 unspecified atom stereocenters. The molecule has 0 aromatic carbocycles. The van der Waals surface area contributed by atoms with Gasteiger partial charge in [-0.15, -0.1) is 0 Å². The van der Waals surface area contributed by atoms with E-state index in [4.69, 9.17) is 19.0 Å². The van der Waals surface area contributed by atoms with Crippen LogP contribution in [0.4, 0.5) is 0 Å². The molecule has 0 saturated heterocycles.